The Hall–Kier alpha value is -3.22. The zero-order valence-corrected chi connectivity index (χ0v) is 13.6. The van der Waals surface area contributed by atoms with Crippen LogP contribution in [0.2, 0.25) is 0 Å². The molecule has 0 radical (unpaired) electrons. The number of carbonyl (C=O) groups is 2. The monoisotopic (exact) mass is 339 g/mol. The maximum atomic E-state index is 12.3. The first-order chi connectivity index (χ1) is 11.9. The number of aryl methyl sites for hydroxylation is 1. The molecule has 2 amide bonds. The summed E-state index contributed by atoms with van der Waals surface area (Å²) in [5.41, 5.74) is 1.96. The Bertz CT molecular complexity index is 832. The van der Waals surface area contributed by atoms with Gasteiger partial charge in [-0.25, -0.2) is 0 Å². The van der Waals surface area contributed by atoms with Gasteiger partial charge in [0.05, 0.1) is 11.0 Å². The maximum absolute atomic E-state index is 12.3. The summed E-state index contributed by atoms with van der Waals surface area (Å²) in [5.74, 6) is -0.486. The van der Waals surface area contributed by atoms with E-state index in [1.165, 1.54) is 24.3 Å². The molecule has 0 aliphatic carbocycles. The normalized spacial score (nSPS) is 16.8. The van der Waals surface area contributed by atoms with Crippen molar-refractivity contribution in [2.24, 2.45) is 0 Å². The van der Waals surface area contributed by atoms with Crippen LogP contribution in [0.25, 0.3) is 0 Å². The van der Waals surface area contributed by atoms with Gasteiger partial charge in [-0.2, -0.15) is 0 Å². The topological polar surface area (TPSA) is 92.6 Å². The predicted molar refractivity (Wildman–Crippen MR) is 92.5 cm³/mol. The summed E-state index contributed by atoms with van der Waals surface area (Å²) < 4.78 is 0. The molecule has 7 heteroatoms. The van der Waals surface area contributed by atoms with Crippen LogP contribution in [-0.4, -0.2) is 29.3 Å². The van der Waals surface area contributed by atoms with Crippen molar-refractivity contribution >= 4 is 23.2 Å². The molecule has 0 aromatic heterocycles. The van der Waals surface area contributed by atoms with E-state index >= 15 is 0 Å². The van der Waals surface area contributed by atoms with E-state index in [-0.39, 0.29) is 29.6 Å². The molecule has 0 bridgehead atoms. The number of hydrogen-bond acceptors (Lipinski definition) is 4. The molecule has 0 unspecified atom stereocenters. The van der Waals surface area contributed by atoms with Crippen LogP contribution in [-0.2, 0) is 4.79 Å². The number of nitrogens with zero attached hydrogens (tertiary/aromatic N) is 2. The molecular formula is C18H17N3O4. The second-order valence-corrected chi connectivity index (χ2v) is 6.02. The van der Waals surface area contributed by atoms with Crippen LogP contribution < -0.4 is 10.2 Å². The molecule has 3 rings (SSSR count). The van der Waals surface area contributed by atoms with Gasteiger partial charge in [0, 0.05) is 36.3 Å². The number of amides is 2. The van der Waals surface area contributed by atoms with Gasteiger partial charge in [0.2, 0.25) is 5.91 Å². The molecule has 1 heterocycles. The van der Waals surface area contributed by atoms with Crippen LogP contribution in [0.4, 0.5) is 11.4 Å². The van der Waals surface area contributed by atoms with E-state index in [2.05, 4.69) is 5.32 Å². The lowest BCUT2D eigenvalue weighted by Crippen LogP contribution is -2.37. The number of nitro benzene ring substituents is 1. The van der Waals surface area contributed by atoms with Crippen molar-refractivity contribution in [3.05, 3.63) is 69.8 Å². The van der Waals surface area contributed by atoms with Crippen molar-refractivity contribution in [1.29, 1.82) is 0 Å². The highest BCUT2D eigenvalue weighted by Crippen LogP contribution is 2.22. The van der Waals surface area contributed by atoms with E-state index in [1.807, 2.05) is 31.2 Å². The second kappa shape index (κ2) is 6.72. The quantitative estimate of drug-likeness (QED) is 0.684. The molecular weight excluding hydrogens is 322 g/mol. The van der Waals surface area contributed by atoms with Gasteiger partial charge in [0.1, 0.15) is 0 Å². The van der Waals surface area contributed by atoms with Crippen molar-refractivity contribution in [1.82, 2.24) is 5.32 Å². The minimum atomic E-state index is -0.547. The molecule has 2 aromatic rings. The van der Waals surface area contributed by atoms with Gasteiger partial charge in [-0.1, -0.05) is 23.8 Å². The Kier molecular flexibility index (Phi) is 4.47. The van der Waals surface area contributed by atoms with Gasteiger partial charge >= 0.3 is 0 Å². The Morgan fingerprint density at radius 3 is 2.64 bits per heavy atom. The fraction of sp³-hybridized carbons (Fsp3) is 0.222. The fourth-order valence-corrected chi connectivity index (χ4v) is 2.81. The third-order valence-electron chi connectivity index (χ3n) is 4.13. The summed E-state index contributed by atoms with van der Waals surface area (Å²) in [5, 5.41) is 13.6. The number of nitro groups is 1. The lowest BCUT2D eigenvalue weighted by molar-refractivity contribution is -0.384. The van der Waals surface area contributed by atoms with Crippen molar-refractivity contribution < 1.29 is 14.5 Å². The fourth-order valence-electron chi connectivity index (χ4n) is 2.81. The number of hydrogen-bond donors (Lipinski definition) is 1. The number of non-ortho nitro benzene ring substituents is 1. The van der Waals surface area contributed by atoms with E-state index in [4.69, 9.17) is 0 Å². The third kappa shape index (κ3) is 3.65. The smallest absolute Gasteiger partial charge is 0.270 e. The van der Waals surface area contributed by atoms with E-state index in [9.17, 15) is 19.7 Å². The van der Waals surface area contributed by atoms with Gasteiger partial charge in [0.15, 0.2) is 0 Å². The molecule has 1 saturated heterocycles. The Balaban J connectivity index is 1.69. The van der Waals surface area contributed by atoms with Gasteiger partial charge in [-0.05, 0) is 25.1 Å². The molecule has 1 fully saturated rings. The second-order valence-electron chi connectivity index (χ2n) is 6.02. The average Bonchev–Trinajstić information content (AvgIpc) is 2.96. The molecule has 1 atom stereocenters. The summed E-state index contributed by atoms with van der Waals surface area (Å²) in [6, 6.07) is 12.8. The molecule has 25 heavy (non-hydrogen) atoms. The SMILES string of the molecule is Cc1ccc(N2C[C@@H](NC(=O)c3cccc([N+](=O)[O-])c3)CC2=O)cc1. The van der Waals surface area contributed by atoms with Crippen LogP contribution >= 0.6 is 0 Å². The average molecular weight is 339 g/mol. The van der Waals surface area contributed by atoms with Gasteiger partial charge in [-0.15, -0.1) is 0 Å². The number of benzene rings is 2. The van der Waals surface area contributed by atoms with E-state index in [0.29, 0.717) is 6.54 Å². The highest BCUT2D eigenvalue weighted by molar-refractivity contribution is 5.99. The molecule has 1 aliphatic rings. The first-order valence-corrected chi connectivity index (χ1v) is 7.86. The van der Waals surface area contributed by atoms with E-state index in [0.717, 1.165) is 11.3 Å². The molecule has 1 N–H and O–H groups in total. The molecule has 128 valence electrons. The maximum Gasteiger partial charge on any atom is 0.270 e. The van der Waals surface area contributed by atoms with Crippen LogP contribution in [0.1, 0.15) is 22.3 Å². The van der Waals surface area contributed by atoms with Crippen molar-refractivity contribution in [2.75, 3.05) is 11.4 Å². The molecule has 0 spiro atoms. The molecule has 0 saturated carbocycles. The van der Waals surface area contributed by atoms with Crippen molar-refractivity contribution in [3.8, 4) is 0 Å². The van der Waals surface area contributed by atoms with Crippen LogP contribution in [0, 0.1) is 17.0 Å². The van der Waals surface area contributed by atoms with Gasteiger partial charge < -0.3 is 10.2 Å². The predicted octanol–water partition coefficient (Wildman–Crippen LogP) is 2.44. The largest absolute Gasteiger partial charge is 0.347 e. The standard InChI is InChI=1S/C18H17N3O4/c1-12-5-7-15(8-6-12)20-11-14(10-17(20)22)19-18(23)13-3-2-4-16(9-13)21(24)25/h2-9,14H,10-11H2,1H3,(H,19,23)/t14-/m0/s1. The number of rotatable bonds is 4. The van der Waals surface area contributed by atoms with Crippen molar-refractivity contribution in [2.45, 2.75) is 19.4 Å². The Morgan fingerprint density at radius 2 is 1.96 bits per heavy atom. The summed E-state index contributed by atoms with van der Waals surface area (Å²) >= 11 is 0. The summed E-state index contributed by atoms with van der Waals surface area (Å²) in [6.07, 6.45) is 0.203. The van der Waals surface area contributed by atoms with Gasteiger partial charge in [0.25, 0.3) is 11.6 Å². The summed E-state index contributed by atoms with van der Waals surface area (Å²) in [4.78, 5) is 36.4. The first-order valence-electron chi connectivity index (χ1n) is 7.86. The van der Waals surface area contributed by atoms with E-state index < -0.39 is 10.8 Å². The number of anilines is 1. The first kappa shape index (κ1) is 16.6. The Labute approximate surface area is 144 Å². The number of nitrogens with one attached hydrogen (secondary N) is 1. The Morgan fingerprint density at radius 1 is 1.24 bits per heavy atom. The minimum Gasteiger partial charge on any atom is -0.347 e. The zero-order chi connectivity index (χ0) is 18.0. The summed E-state index contributed by atoms with van der Waals surface area (Å²) in [6.45, 7) is 2.35. The van der Waals surface area contributed by atoms with Crippen LogP contribution in [0.3, 0.4) is 0 Å². The molecule has 1 aliphatic heterocycles. The van der Waals surface area contributed by atoms with Gasteiger partial charge in [-0.3, -0.25) is 19.7 Å². The molecule has 2 aromatic carbocycles. The number of carbonyl (C=O) groups excluding carboxylic acids is 2. The van der Waals surface area contributed by atoms with Crippen LogP contribution in [0.15, 0.2) is 48.5 Å². The summed E-state index contributed by atoms with van der Waals surface area (Å²) in [7, 11) is 0. The van der Waals surface area contributed by atoms with Crippen molar-refractivity contribution in [3.63, 3.8) is 0 Å². The third-order valence-corrected chi connectivity index (χ3v) is 4.13. The minimum absolute atomic E-state index is 0.0619. The highest BCUT2D eigenvalue weighted by atomic mass is 16.6. The highest BCUT2D eigenvalue weighted by Gasteiger charge is 2.31. The van der Waals surface area contributed by atoms with E-state index in [1.54, 1.807) is 4.90 Å². The lowest BCUT2D eigenvalue weighted by Gasteiger charge is -2.17. The molecule has 7 nitrogen and oxygen atoms in total. The lowest BCUT2D eigenvalue weighted by atomic mass is 10.1. The zero-order valence-electron chi connectivity index (χ0n) is 13.6. The van der Waals surface area contributed by atoms with Crippen LogP contribution in [0.5, 0.6) is 0 Å².